The number of quaternary nitrogens is 1. The van der Waals surface area contributed by atoms with Crippen molar-refractivity contribution in [3.05, 3.63) is 29.8 Å². The quantitative estimate of drug-likeness (QED) is 0.711. The highest BCUT2D eigenvalue weighted by Crippen LogP contribution is 2.36. The Morgan fingerprint density at radius 1 is 1.11 bits per heavy atom. The smallest absolute Gasteiger partial charge is 0.182 e. The Balaban J connectivity index is 1.32. The molecule has 2 aromatic rings. The molecule has 4 heterocycles. The number of tetrazole rings is 1. The van der Waals surface area contributed by atoms with Crippen LogP contribution in [0.3, 0.4) is 0 Å². The Morgan fingerprint density at radius 2 is 1.89 bits per heavy atom. The molecule has 0 radical (unpaired) electrons. The molecule has 0 saturated carbocycles. The minimum absolute atomic E-state index is 0.0306. The predicted molar refractivity (Wildman–Crippen MR) is 97.8 cm³/mol. The average molecular weight is 388 g/mol. The summed E-state index contributed by atoms with van der Waals surface area (Å²) in [6.07, 6.45) is -0.181. The Bertz CT molecular complexity index is 792. The maximum atomic E-state index is 5.93. The van der Waals surface area contributed by atoms with Crippen LogP contribution in [0.25, 0.3) is 11.4 Å². The van der Waals surface area contributed by atoms with Crippen molar-refractivity contribution < 1.29 is 23.8 Å². The third kappa shape index (κ3) is 3.33. The van der Waals surface area contributed by atoms with Crippen LogP contribution in [-0.2, 0) is 25.5 Å². The summed E-state index contributed by atoms with van der Waals surface area (Å²) in [6.45, 7) is 5.89. The summed E-state index contributed by atoms with van der Waals surface area (Å²) >= 11 is 0. The van der Waals surface area contributed by atoms with E-state index in [2.05, 4.69) is 39.8 Å². The van der Waals surface area contributed by atoms with Crippen LogP contribution in [0.5, 0.6) is 0 Å². The van der Waals surface area contributed by atoms with Crippen molar-refractivity contribution in [2.75, 3.05) is 46.6 Å². The van der Waals surface area contributed by atoms with E-state index in [9.17, 15) is 0 Å². The molecule has 3 aliphatic heterocycles. The van der Waals surface area contributed by atoms with E-state index in [-0.39, 0.29) is 24.4 Å². The van der Waals surface area contributed by atoms with Gasteiger partial charge in [-0.05, 0) is 10.4 Å². The zero-order valence-electron chi connectivity index (χ0n) is 16.0. The molecule has 0 bridgehead atoms. The first-order valence-corrected chi connectivity index (χ1v) is 9.88. The van der Waals surface area contributed by atoms with Crippen molar-refractivity contribution in [2.45, 2.75) is 30.9 Å². The van der Waals surface area contributed by atoms with Crippen molar-refractivity contribution in [3.8, 4) is 11.4 Å². The van der Waals surface area contributed by atoms with Gasteiger partial charge in [0, 0.05) is 18.2 Å². The maximum Gasteiger partial charge on any atom is 0.182 e. The molecule has 9 heteroatoms. The fourth-order valence-corrected chi connectivity index (χ4v) is 4.36. The van der Waals surface area contributed by atoms with Gasteiger partial charge in [-0.1, -0.05) is 24.3 Å². The van der Waals surface area contributed by atoms with Crippen molar-refractivity contribution in [1.29, 1.82) is 0 Å². The van der Waals surface area contributed by atoms with E-state index in [1.54, 1.807) is 12.0 Å². The number of hydrogen-bond acceptors (Lipinski definition) is 7. The van der Waals surface area contributed by atoms with Crippen LogP contribution in [-0.4, -0.2) is 85.1 Å². The van der Waals surface area contributed by atoms with Crippen molar-refractivity contribution in [3.63, 3.8) is 0 Å². The third-order valence-electron chi connectivity index (χ3n) is 5.96. The largest absolute Gasteiger partial charge is 0.376 e. The lowest BCUT2D eigenvalue weighted by atomic mass is 10.1. The predicted octanol–water partition coefficient (Wildman–Crippen LogP) is -0.891. The molecule has 9 nitrogen and oxygen atoms in total. The van der Waals surface area contributed by atoms with E-state index >= 15 is 0 Å². The molecular weight excluding hydrogens is 362 g/mol. The molecule has 28 heavy (non-hydrogen) atoms. The summed E-state index contributed by atoms with van der Waals surface area (Å²) in [7, 11) is 1.69. The van der Waals surface area contributed by atoms with E-state index in [0.717, 1.165) is 44.2 Å². The number of aromatic nitrogens is 4. The van der Waals surface area contributed by atoms with E-state index in [0.29, 0.717) is 13.2 Å². The molecule has 1 aromatic carbocycles. The zero-order chi connectivity index (χ0) is 18.9. The first-order valence-electron chi connectivity index (χ1n) is 9.88. The molecule has 150 valence electrons. The van der Waals surface area contributed by atoms with Crippen LogP contribution in [0.15, 0.2) is 24.3 Å². The van der Waals surface area contributed by atoms with Gasteiger partial charge in [-0.2, -0.15) is 0 Å². The molecule has 0 amide bonds. The van der Waals surface area contributed by atoms with Gasteiger partial charge < -0.3 is 23.8 Å². The molecule has 0 unspecified atom stereocenters. The second kappa shape index (κ2) is 7.84. The number of rotatable bonds is 5. The van der Waals surface area contributed by atoms with Gasteiger partial charge in [0.05, 0.1) is 26.4 Å². The van der Waals surface area contributed by atoms with Gasteiger partial charge in [0.1, 0.15) is 44.0 Å². The summed E-state index contributed by atoms with van der Waals surface area (Å²) in [5.41, 5.74) is 2.31. The molecule has 1 N–H and O–H groups in total. The number of methoxy groups -OCH3 is 1. The summed E-state index contributed by atoms with van der Waals surface area (Å²) < 4.78 is 24.6. The maximum absolute atomic E-state index is 5.93. The van der Waals surface area contributed by atoms with Gasteiger partial charge in [-0.25, -0.2) is 4.68 Å². The minimum Gasteiger partial charge on any atom is -0.376 e. The second-order valence-corrected chi connectivity index (χ2v) is 7.62. The van der Waals surface area contributed by atoms with E-state index in [4.69, 9.17) is 18.9 Å². The van der Waals surface area contributed by atoms with Crippen molar-refractivity contribution in [1.82, 2.24) is 20.2 Å². The van der Waals surface area contributed by atoms with Crippen molar-refractivity contribution in [2.24, 2.45) is 0 Å². The van der Waals surface area contributed by atoms with E-state index < -0.39 is 0 Å². The Labute approximate surface area is 163 Å². The average Bonchev–Trinajstić information content (AvgIpc) is 3.45. The SMILES string of the molecule is CO[C@@H]1CO[C@H]2[C@@H]1OC[C@@H]2n1nnnc1-c1ccc(C[NH+]2CCOCC2)cc1. The normalized spacial score (nSPS) is 30.6. The Morgan fingerprint density at radius 3 is 2.68 bits per heavy atom. The molecule has 5 rings (SSSR count). The van der Waals surface area contributed by atoms with Crippen molar-refractivity contribution >= 4 is 0 Å². The molecule has 3 saturated heterocycles. The molecular formula is C19H26N5O4+. The zero-order valence-corrected chi connectivity index (χ0v) is 16.0. The second-order valence-electron chi connectivity index (χ2n) is 7.62. The van der Waals surface area contributed by atoms with Crippen LogP contribution in [0.2, 0.25) is 0 Å². The first-order chi connectivity index (χ1) is 13.8. The number of fused-ring (bicyclic) bond motifs is 1. The number of nitrogens with one attached hydrogen (secondary N) is 1. The van der Waals surface area contributed by atoms with Crippen LogP contribution in [0.4, 0.5) is 0 Å². The third-order valence-corrected chi connectivity index (χ3v) is 5.96. The molecule has 1 aromatic heterocycles. The monoisotopic (exact) mass is 388 g/mol. The number of ether oxygens (including phenoxy) is 4. The summed E-state index contributed by atoms with van der Waals surface area (Å²) in [6, 6.07) is 8.47. The van der Waals surface area contributed by atoms with E-state index in [1.165, 1.54) is 5.56 Å². The fraction of sp³-hybridized carbons (Fsp3) is 0.632. The highest BCUT2D eigenvalue weighted by molar-refractivity contribution is 5.55. The summed E-state index contributed by atoms with van der Waals surface area (Å²) in [5, 5.41) is 12.4. The van der Waals surface area contributed by atoms with Crippen LogP contribution < -0.4 is 4.90 Å². The molecule has 4 atom stereocenters. The highest BCUT2D eigenvalue weighted by Gasteiger charge is 2.49. The standard InChI is InChI=1S/C19H25N5O4/c1-25-16-12-28-17-15(11-27-18(16)17)24-19(20-21-22-24)14-4-2-13(3-5-14)10-23-6-8-26-9-7-23/h2-5,15-18H,6-12H2,1H3/p+1/t15-,16+,17+,18+/m0/s1. The molecule has 3 aliphatic rings. The van der Waals surface area contributed by atoms with Gasteiger partial charge in [-0.15, -0.1) is 5.10 Å². The fourth-order valence-electron chi connectivity index (χ4n) is 4.36. The minimum atomic E-state index is -0.0867. The summed E-state index contributed by atoms with van der Waals surface area (Å²) in [5.74, 6) is 0.740. The molecule has 0 spiro atoms. The van der Waals surface area contributed by atoms with Gasteiger partial charge in [0.15, 0.2) is 5.82 Å². The van der Waals surface area contributed by atoms with Gasteiger partial charge in [0.2, 0.25) is 0 Å². The highest BCUT2D eigenvalue weighted by atomic mass is 16.6. The molecule has 3 fully saturated rings. The number of hydrogen-bond donors (Lipinski definition) is 1. The van der Waals surface area contributed by atoms with Gasteiger partial charge in [0.25, 0.3) is 0 Å². The van der Waals surface area contributed by atoms with Gasteiger partial charge >= 0.3 is 0 Å². The molecule has 0 aliphatic carbocycles. The first kappa shape index (κ1) is 18.1. The number of morpholine rings is 1. The lowest BCUT2D eigenvalue weighted by molar-refractivity contribution is -0.921. The lowest BCUT2D eigenvalue weighted by Crippen LogP contribution is -3.12. The van der Waals surface area contributed by atoms with Crippen LogP contribution in [0.1, 0.15) is 11.6 Å². The Hall–Kier alpha value is -1.91. The number of benzene rings is 1. The number of nitrogens with zero attached hydrogens (tertiary/aromatic N) is 4. The van der Waals surface area contributed by atoms with Crippen LogP contribution in [0, 0.1) is 0 Å². The van der Waals surface area contributed by atoms with Crippen LogP contribution >= 0.6 is 0 Å². The lowest BCUT2D eigenvalue weighted by Gasteiger charge is -2.23. The Kier molecular flexibility index (Phi) is 5.08. The van der Waals surface area contributed by atoms with E-state index in [1.807, 2.05) is 4.68 Å². The van der Waals surface area contributed by atoms with Gasteiger partial charge in [-0.3, -0.25) is 0 Å². The topological polar surface area (TPSA) is 85.0 Å². The summed E-state index contributed by atoms with van der Waals surface area (Å²) in [4.78, 5) is 1.56.